The Kier molecular flexibility index (Phi) is 7.30. The van der Waals surface area contributed by atoms with E-state index in [1.807, 2.05) is 19.1 Å². The summed E-state index contributed by atoms with van der Waals surface area (Å²) in [5.74, 6) is -0.413. The molecule has 1 heterocycles. The quantitative estimate of drug-likeness (QED) is 0.519. The van der Waals surface area contributed by atoms with Crippen LogP contribution in [0.1, 0.15) is 45.2 Å². The standard InChI is InChI=1S/C22H29N3O3S/c1-15-13-17(29-21(2,3)4)7-8-18(15)24-20(27)25-22(5,14-19(26)28-6)16-9-11-23-12-10-16/h7-13H,14H2,1-6H3,(H2,24,25,27)/t22-/m1/s1. The number of anilines is 1. The van der Waals surface area contributed by atoms with Crippen LogP contribution in [0.4, 0.5) is 10.5 Å². The van der Waals surface area contributed by atoms with Gasteiger partial charge in [-0.3, -0.25) is 9.78 Å². The maximum Gasteiger partial charge on any atom is 0.319 e. The summed E-state index contributed by atoms with van der Waals surface area (Å²) < 4.78 is 4.92. The molecule has 0 bridgehead atoms. The molecule has 7 heteroatoms. The van der Waals surface area contributed by atoms with E-state index in [0.29, 0.717) is 0 Å². The molecule has 0 aliphatic rings. The van der Waals surface area contributed by atoms with Gasteiger partial charge in [-0.1, -0.05) is 20.8 Å². The minimum atomic E-state index is -0.934. The summed E-state index contributed by atoms with van der Waals surface area (Å²) in [4.78, 5) is 29.8. The second kappa shape index (κ2) is 9.31. The maximum absolute atomic E-state index is 12.7. The summed E-state index contributed by atoms with van der Waals surface area (Å²) in [5.41, 5.74) is 1.52. The Morgan fingerprint density at radius 3 is 2.31 bits per heavy atom. The van der Waals surface area contributed by atoms with E-state index in [2.05, 4.69) is 42.5 Å². The number of ether oxygens (including phenoxy) is 1. The van der Waals surface area contributed by atoms with Gasteiger partial charge in [0.1, 0.15) is 0 Å². The molecular weight excluding hydrogens is 386 g/mol. The number of aromatic nitrogens is 1. The monoisotopic (exact) mass is 415 g/mol. The third-order valence-corrected chi connectivity index (χ3v) is 5.40. The van der Waals surface area contributed by atoms with E-state index < -0.39 is 17.5 Å². The van der Waals surface area contributed by atoms with E-state index in [4.69, 9.17) is 4.74 Å². The van der Waals surface area contributed by atoms with Gasteiger partial charge in [-0.15, -0.1) is 11.8 Å². The highest BCUT2D eigenvalue weighted by Crippen LogP contribution is 2.33. The average molecular weight is 416 g/mol. The molecule has 0 aliphatic carbocycles. The SMILES string of the molecule is COC(=O)C[C@@](C)(NC(=O)Nc1ccc(SC(C)(C)C)cc1C)c1ccncc1. The van der Waals surface area contributed by atoms with Crippen LogP contribution in [0, 0.1) is 6.92 Å². The van der Waals surface area contributed by atoms with Crippen LogP contribution in [0.25, 0.3) is 0 Å². The highest BCUT2D eigenvalue weighted by atomic mass is 32.2. The number of benzene rings is 1. The predicted octanol–water partition coefficient (Wildman–Crippen LogP) is 4.88. The first-order valence-corrected chi connectivity index (χ1v) is 10.2. The van der Waals surface area contributed by atoms with Gasteiger partial charge in [0, 0.05) is 27.7 Å². The van der Waals surface area contributed by atoms with Gasteiger partial charge < -0.3 is 15.4 Å². The van der Waals surface area contributed by atoms with Crippen LogP contribution in [0.5, 0.6) is 0 Å². The van der Waals surface area contributed by atoms with E-state index in [1.54, 1.807) is 43.2 Å². The molecule has 0 fully saturated rings. The molecule has 1 aromatic heterocycles. The van der Waals surface area contributed by atoms with Crippen molar-refractivity contribution in [3.63, 3.8) is 0 Å². The average Bonchev–Trinajstić information content (AvgIpc) is 2.63. The lowest BCUT2D eigenvalue weighted by Gasteiger charge is -2.30. The Hall–Kier alpha value is -2.54. The highest BCUT2D eigenvalue weighted by molar-refractivity contribution is 8.00. The molecular formula is C22H29N3O3S. The van der Waals surface area contributed by atoms with Crippen molar-refractivity contribution in [2.45, 2.75) is 56.2 Å². The number of aryl methyl sites for hydroxylation is 1. The van der Waals surface area contributed by atoms with Crippen LogP contribution < -0.4 is 10.6 Å². The van der Waals surface area contributed by atoms with E-state index >= 15 is 0 Å². The van der Waals surface area contributed by atoms with Crippen LogP contribution in [0.2, 0.25) is 0 Å². The van der Waals surface area contributed by atoms with Gasteiger partial charge in [0.15, 0.2) is 0 Å². The van der Waals surface area contributed by atoms with Gasteiger partial charge in [-0.05, 0) is 55.3 Å². The fourth-order valence-corrected chi connectivity index (χ4v) is 3.98. The lowest BCUT2D eigenvalue weighted by Crippen LogP contribution is -2.47. The van der Waals surface area contributed by atoms with Crippen LogP contribution in [-0.2, 0) is 15.1 Å². The number of carbonyl (C=O) groups excluding carboxylic acids is 2. The fourth-order valence-electron chi connectivity index (χ4n) is 2.90. The van der Waals surface area contributed by atoms with Gasteiger partial charge in [-0.25, -0.2) is 4.79 Å². The number of nitrogens with one attached hydrogen (secondary N) is 2. The molecule has 0 saturated heterocycles. The second-order valence-electron chi connectivity index (χ2n) is 8.09. The Morgan fingerprint density at radius 2 is 1.76 bits per heavy atom. The lowest BCUT2D eigenvalue weighted by molar-refractivity contribution is -0.142. The molecule has 0 saturated carbocycles. The Labute approximate surface area is 176 Å². The number of esters is 1. The summed E-state index contributed by atoms with van der Waals surface area (Å²) in [7, 11) is 1.33. The Bertz CT molecular complexity index is 865. The Morgan fingerprint density at radius 1 is 1.10 bits per heavy atom. The minimum Gasteiger partial charge on any atom is -0.469 e. The molecule has 1 atom stereocenters. The minimum absolute atomic E-state index is 0.00107. The van der Waals surface area contributed by atoms with Crippen molar-refractivity contribution in [1.29, 1.82) is 0 Å². The second-order valence-corrected chi connectivity index (χ2v) is 9.99. The molecule has 0 spiro atoms. The van der Waals surface area contributed by atoms with Gasteiger partial charge in [0.2, 0.25) is 0 Å². The van der Waals surface area contributed by atoms with Crippen LogP contribution >= 0.6 is 11.8 Å². The number of rotatable bonds is 6. The van der Waals surface area contributed by atoms with Crippen molar-refractivity contribution in [3.8, 4) is 0 Å². The normalized spacial score (nSPS) is 13.3. The third-order valence-electron chi connectivity index (χ3n) is 4.30. The van der Waals surface area contributed by atoms with Gasteiger partial charge in [0.25, 0.3) is 0 Å². The van der Waals surface area contributed by atoms with E-state index in [0.717, 1.165) is 21.7 Å². The summed E-state index contributed by atoms with van der Waals surface area (Å²) in [6, 6.07) is 9.09. The van der Waals surface area contributed by atoms with E-state index in [1.165, 1.54) is 7.11 Å². The van der Waals surface area contributed by atoms with Gasteiger partial charge >= 0.3 is 12.0 Å². The first-order valence-electron chi connectivity index (χ1n) is 9.38. The molecule has 6 nitrogen and oxygen atoms in total. The van der Waals surface area contributed by atoms with Gasteiger partial charge in [0.05, 0.1) is 19.1 Å². The molecule has 2 N–H and O–H groups in total. The zero-order valence-corrected chi connectivity index (χ0v) is 18.6. The molecule has 1 aromatic carbocycles. The van der Waals surface area contributed by atoms with E-state index in [-0.39, 0.29) is 11.2 Å². The molecule has 0 aliphatic heterocycles. The predicted molar refractivity (Wildman–Crippen MR) is 117 cm³/mol. The third kappa shape index (κ3) is 6.78. The van der Waals surface area contributed by atoms with Crippen molar-refractivity contribution < 1.29 is 14.3 Å². The van der Waals surface area contributed by atoms with E-state index in [9.17, 15) is 9.59 Å². The molecule has 29 heavy (non-hydrogen) atoms. The number of methoxy groups -OCH3 is 1. The number of thioether (sulfide) groups is 1. The molecule has 0 unspecified atom stereocenters. The molecule has 0 radical (unpaired) electrons. The first-order chi connectivity index (χ1) is 13.5. The summed E-state index contributed by atoms with van der Waals surface area (Å²) in [5, 5.41) is 5.81. The van der Waals surface area contributed by atoms with Crippen molar-refractivity contribution in [3.05, 3.63) is 53.9 Å². The summed E-state index contributed by atoms with van der Waals surface area (Å²) in [6.45, 7) is 10.2. The molecule has 2 aromatic rings. The van der Waals surface area contributed by atoms with Gasteiger partial charge in [-0.2, -0.15) is 0 Å². The Balaban J connectivity index is 2.17. The number of amides is 2. The van der Waals surface area contributed by atoms with Crippen molar-refractivity contribution in [2.75, 3.05) is 12.4 Å². The number of pyridine rings is 1. The first kappa shape index (κ1) is 22.7. The number of nitrogens with zero attached hydrogens (tertiary/aromatic N) is 1. The number of hydrogen-bond acceptors (Lipinski definition) is 5. The van der Waals surface area contributed by atoms with Crippen LogP contribution in [0.3, 0.4) is 0 Å². The fraction of sp³-hybridized carbons (Fsp3) is 0.409. The highest BCUT2D eigenvalue weighted by Gasteiger charge is 2.32. The smallest absolute Gasteiger partial charge is 0.319 e. The van der Waals surface area contributed by atoms with Crippen LogP contribution in [-0.4, -0.2) is 28.8 Å². The topological polar surface area (TPSA) is 80.3 Å². The summed E-state index contributed by atoms with van der Waals surface area (Å²) >= 11 is 1.77. The van der Waals surface area contributed by atoms with Crippen molar-refractivity contribution in [1.82, 2.24) is 10.3 Å². The number of carbonyl (C=O) groups is 2. The molecule has 2 amide bonds. The zero-order valence-electron chi connectivity index (χ0n) is 17.8. The molecule has 156 valence electrons. The van der Waals surface area contributed by atoms with Crippen molar-refractivity contribution >= 4 is 29.4 Å². The summed E-state index contributed by atoms with van der Waals surface area (Å²) in [6.07, 6.45) is 3.25. The molecule has 2 rings (SSSR count). The van der Waals surface area contributed by atoms with Crippen LogP contribution in [0.15, 0.2) is 47.6 Å². The van der Waals surface area contributed by atoms with Crippen molar-refractivity contribution in [2.24, 2.45) is 0 Å². The largest absolute Gasteiger partial charge is 0.469 e. The number of urea groups is 1. The maximum atomic E-state index is 12.7. The number of hydrogen-bond donors (Lipinski definition) is 2. The zero-order chi connectivity index (χ0) is 21.7. The lowest BCUT2D eigenvalue weighted by atomic mass is 9.89.